The summed E-state index contributed by atoms with van der Waals surface area (Å²) in [6, 6.07) is 9.17. The number of nitrogens with zero attached hydrogens (tertiary/aromatic N) is 4. The minimum atomic E-state index is -0.664. The number of rotatable bonds is 13. The first-order valence-electron chi connectivity index (χ1n) is 9.95. The first-order chi connectivity index (χ1) is 14.5. The Labute approximate surface area is 177 Å². The van der Waals surface area contributed by atoms with E-state index in [0.717, 1.165) is 12.0 Å². The smallest absolute Gasteiger partial charge is 0.233 e. The highest BCUT2D eigenvalue weighted by molar-refractivity contribution is 5.42. The standard InChI is InChI=1S/C21H31N5O4/c1-15(2)12-23-24-20-7-8-21(26-25-20)30-14-17(27)13-22-10-9-16-5-6-18(28-3)19(11-16)29-4/h5-8,11,15,17,22,27H,9-10,12-14H2,1-4H3. The van der Waals surface area contributed by atoms with Crippen LogP contribution < -0.4 is 19.5 Å². The van der Waals surface area contributed by atoms with E-state index < -0.39 is 6.10 Å². The van der Waals surface area contributed by atoms with E-state index in [-0.39, 0.29) is 6.61 Å². The zero-order valence-electron chi connectivity index (χ0n) is 18.0. The van der Waals surface area contributed by atoms with Crippen molar-refractivity contribution in [3.63, 3.8) is 0 Å². The molecular weight excluding hydrogens is 386 g/mol. The molecule has 164 valence electrons. The highest BCUT2D eigenvalue weighted by Gasteiger charge is 2.08. The Balaban J connectivity index is 1.66. The molecule has 1 aromatic carbocycles. The maximum Gasteiger partial charge on any atom is 0.233 e. The zero-order valence-corrected chi connectivity index (χ0v) is 18.0. The van der Waals surface area contributed by atoms with Crippen molar-refractivity contribution in [2.45, 2.75) is 26.4 Å². The van der Waals surface area contributed by atoms with Crippen LogP contribution in [0.2, 0.25) is 0 Å². The molecule has 0 bridgehead atoms. The Bertz CT molecular complexity index is 783. The largest absolute Gasteiger partial charge is 0.493 e. The van der Waals surface area contributed by atoms with Crippen LogP contribution in [0.15, 0.2) is 40.6 Å². The molecule has 9 nitrogen and oxygen atoms in total. The Hall–Kier alpha value is -2.78. The van der Waals surface area contributed by atoms with Crippen LogP contribution in [-0.2, 0) is 6.42 Å². The fraction of sp³-hybridized carbons (Fsp3) is 0.524. The van der Waals surface area contributed by atoms with Gasteiger partial charge in [-0.1, -0.05) is 19.9 Å². The van der Waals surface area contributed by atoms with E-state index in [0.29, 0.717) is 48.7 Å². The molecule has 0 aliphatic heterocycles. The average Bonchev–Trinajstić information content (AvgIpc) is 2.75. The van der Waals surface area contributed by atoms with E-state index in [1.165, 1.54) is 0 Å². The molecule has 0 saturated carbocycles. The van der Waals surface area contributed by atoms with Gasteiger partial charge in [-0.3, -0.25) is 0 Å². The van der Waals surface area contributed by atoms with Gasteiger partial charge >= 0.3 is 0 Å². The Morgan fingerprint density at radius 1 is 1.07 bits per heavy atom. The second-order valence-electron chi connectivity index (χ2n) is 7.16. The number of hydrogen-bond acceptors (Lipinski definition) is 9. The van der Waals surface area contributed by atoms with Gasteiger partial charge in [-0.15, -0.1) is 15.3 Å². The van der Waals surface area contributed by atoms with E-state index in [1.807, 2.05) is 18.2 Å². The summed E-state index contributed by atoms with van der Waals surface area (Å²) in [5.41, 5.74) is 1.12. The van der Waals surface area contributed by atoms with Gasteiger partial charge < -0.3 is 24.6 Å². The number of hydrogen-bond donors (Lipinski definition) is 2. The van der Waals surface area contributed by atoms with Crippen LogP contribution in [0.25, 0.3) is 0 Å². The third-order valence-electron chi connectivity index (χ3n) is 4.09. The van der Waals surface area contributed by atoms with Crippen molar-refractivity contribution in [2.75, 3.05) is 40.5 Å². The second-order valence-corrected chi connectivity index (χ2v) is 7.16. The van der Waals surface area contributed by atoms with Gasteiger partial charge in [0.05, 0.1) is 20.8 Å². The molecule has 2 N–H and O–H groups in total. The maximum absolute atomic E-state index is 10.1. The molecule has 0 fully saturated rings. The molecule has 0 spiro atoms. The van der Waals surface area contributed by atoms with Crippen molar-refractivity contribution in [3.05, 3.63) is 35.9 Å². The van der Waals surface area contributed by atoms with Crippen molar-refractivity contribution in [1.82, 2.24) is 15.5 Å². The summed E-state index contributed by atoms with van der Waals surface area (Å²) in [6.07, 6.45) is 0.134. The van der Waals surface area contributed by atoms with E-state index >= 15 is 0 Å². The fourth-order valence-corrected chi connectivity index (χ4v) is 2.50. The summed E-state index contributed by atoms with van der Waals surface area (Å²) >= 11 is 0. The van der Waals surface area contributed by atoms with Crippen LogP contribution in [0.3, 0.4) is 0 Å². The molecule has 1 heterocycles. The molecule has 0 aliphatic rings. The quantitative estimate of drug-likeness (QED) is 0.381. The molecule has 0 aliphatic carbocycles. The summed E-state index contributed by atoms with van der Waals surface area (Å²) in [6.45, 7) is 6.01. The Morgan fingerprint density at radius 3 is 2.53 bits per heavy atom. The van der Waals surface area contributed by atoms with E-state index in [1.54, 1.807) is 26.4 Å². The minimum absolute atomic E-state index is 0.117. The molecule has 0 saturated heterocycles. The van der Waals surface area contributed by atoms with Crippen LogP contribution in [0.1, 0.15) is 19.4 Å². The molecule has 2 rings (SSSR count). The van der Waals surface area contributed by atoms with Gasteiger partial charge in [0.2, 0.25) is 5.88 Å². The zero-order chi connectivity index (χ0) is 21.8. The number of azo groups is 1. The summed E-state index contributed by atoms with van der Waals surface area (Å²) in [7, 11) is 3.23. The summed E-state index contributed by atoms with van der Waals surface area (Å²) in [5.74, 6) is 2.62. The molecule has 9 heteroatoms. The summed E-state index contributed by atoms with van der Waals surface area (Å²) < 4.78 is 16.0. The molecule has 1 aromatic heterocycles. The third kappa shape index (κ3) is 8.30. The van der Waals surface area contributed by atoms with Crippen LogP contribution in [0.5, 0.6) is 17.4 Å². The van der Waals surface area contributed by atoms with E-state index in [4.69, 9.17) is 14.2 Å². The molecule has 2 aromatic rings. The number of nitrogens with one attached hydrogen (secondary N) is 1. The first-order valence-corrected chi connectivity index (χ1v) is 9.95. The van der Waals surface area contributed by atoms with Crippen LogP contribution in [0.4, 0.5) is 5.82 Å². The lowest BCUT2D eigenvalue weighted by Crippen LogP contribution is -2.32. The van der Waals surface area contributed by atoms with Gasteiger partial charge in [-0.05, 0) is 42.6 Å². The molecule has 1 atom stereocenters. The molecule has 30 heavy (non-hydrogen) atoms. The normalized spacial score (nSPS) is 12.3. The first kappa shape index (κ1) is 23.5. The van der Waals surface area contributed by atoms with E-state index in [9.17, 15) is 5.11 Å². The lowest BCUT2D eigenvalue weighted by molar-refractivity contribution is 0.103. The maximum atomic E-state index is 10.1. The summed E-state index contributed by atoms with van der Waals surface area (Å²) in [4.78, 5) is 0. The van der Waals surface area contributed by atoms with Crippen molar-refractivity contribution < 1.29 is 19.3 Å². The van der Waals surface area contributed by atoms with Gasteiger partial charge in [-0.25, -0.2) is 0 Å². The third-order valence-corrected chi connectivity index (χ3v) is 4.09. The van der Waals surface area contributed by atoms with Crippen molar-refractivity contribution in [2.24, 2.45) is 16.1 Å². The number of ether oxygens (including phenoxy) is 3. The second kappa shape index (κ2) is 12.7. The fourth-order valence-electron chi connectivity index (χ4n) is 2.50. The SMILES string of the molecule is COc1ccc(CCNCC(O)COc2ccc(N=NCC(C)C)nn2)cc1OC. The minimum Gasteiger partial charge on any atom is -0.493 e. The highest BCUT2D eigenvalue weighted by atomic mass is 16.5. The number of aromatic nitrogens is 2. The Kier molecular flexibility index (Phi) is 9.96. The van der Waals surface area contributed by atoms with E-state index in [2.05, 4.69) is 39.6 Å². The summed E-state index contributed by atoms with van der Waals surface area (Å²) in [5, 5.41) is 29.2. The predicted octanol–water partition coefficient (Wildman–Crippen LogP) is 2.81. The highest BCUT2D eigenvalue weighted by Crippen LogP contribution is 2.27. The van der Waals surface area contributed by atoms with Crippen molar-refractivity contribution in [3.8, 4) is 17.4 Å². The lowest BCUT2D eigenvalue weighted by atomic mass is 10.1. The predicted molar refractivity (Wildman–Crippen MR) is 114 cm³/mol. The van der Waals surface area contributed by atoms with Gasteiger partial charge in [0, 0.05) is 12.6 Å². The number of benzene rings is 1. The van der Waals surface area contributed by atoms with Gasteiger partial charge in [0.1, 0.15) is 12.7 Å². The van der Waals surface area contributed by atoms with Crippen LogP contribution in [0, 0.1) is 5.92 Å². The molecule has 0 radical (unpaired) electrons. The van der Waals surface area contributed by atoms with Crippen molar-refractivity contribution in [1.29, 1.82) is 0 Å². The number of aliphatic hydroxyl groups is 1. The molecule has 0 amide bonds. The molecule has 1 unspecified atom stereocenters. The topological polar surface area (TPSA) is 110 Å². The van der Waals surface area contributed by atoms with Crippen LogP contribution in [-0.4, -0.2) is 61.9 Å². The lowest BCUT2D eigenvalue weighted by Gasteiger charge is -2.13. The number of methoxy groups -OCH3 is 2. The average molecular weight is 418 g/mol. The Morgan fingerprint density at radius 2 is 1.87 bits per heavy atom. The number of aliphatic hydroxyl groups excluding tert-OH is 1. The monoisotopic (exact) mass is 417 g/mol. The van der Waals surface area contributed by atoms with Crippen molar-refractivity contribution >= 4 is 5.82 Å². The van der Waals surface area contributed by atoms with Gasteiger partial charge in [0.25, 0.3) is 0 Å². The van der Waals surface area contributed by atoms with Gasteiger partial charge in [-0.2, -0.15) is 5.11 Å². The van der Waals surface area contributed by atoms with Gasteiger partial charge in [0.15, 0.2) is 17.3 Å². The molecular formula is C21H31N5O4. The van der Waals surface area contributed by atoms with Crippen LogP contribution >= 0.6 is 0 Å².